The van der Waals surface area contributed by atoms with Gasteiger partial charge in [0.2, 0.25) is 0 Å². The molecule has 0 heterocycles. The molecule has 4 rings (SSSR count). The van der Waals surface area contributed by atoms with Gasteiger partial charge in [-0.3, -0.25) is 9.69 Å². The van der Waals surface area contributed by atoms with Crippen molar-refractivity contribution in [1.82, 2.24) is 10.2 Å². The number of carbonyl (C=O) groups excluding carboxylic acids is 3. The van der Waals surface area contributed by atoms with E-state index in [2.05, 4.69) is 46.0 Å². The zero-order chi connectivity index (χ0) is 32.8. The molecule has 0 radical (unpaired) electrons. The Labute approximate surface area is 272 Å². The van der Waals surface area contributed by atoms with Crippen LogP contribution in [0.1, 0.15) is 119 Å². The van der Waals surface area contributed by atoms with Crippen LogP contribution in [0.2, 0.25) is 0 Å². The highest BCUT2D eigenvalue weighted by Gasteiger charge is 2.59. The number of allylic oxidation sites excluding steroid dienone is 1. The van der Waals surface area contributed by atoms with E-state index in [9.17, 15) is 14.4 Å². The molecule has 8 nitrogen and oxygen atoms in total. The lowest BCUT2D eigenvalue weighted by Gasteiger charge is -2.58. The van der Waals surface area contributed by atoms with Gasteiger partial charge in [0, 0.05) is 19.5 Å². The molecule has 0 aromatic carbocycles. The monoisotopic (exact) mass is 630 g/mol. The molecule has 0 aromatic heterocycles. The number of nitrogens with one attached hydrogen (secondary N) is 1. The molecule has 4 aliphatic rings. The minimum Gasteiger partial charge on any atom is -0.465 e. The summed E-state index contributed by atoms with van der Waals surface area (Å²) >= 11 is 0. The zero-order valence-corrected chi connectivity index (χ0v) is 29.3. The lowest BCUT2D eigenvalue weighted by atomic mass is 9.47. The topological polar surface area (TPSA) is 94.2 Å². The van der Waals surface area contributed by atoms with Crippen LogP contribution in [0.5, 0.6) is 0 Å². The Hall–Kier alpha value is -2.25. The smallest absolute Gasteiger partial charge is 0.410 e. The van der Waals surface area contributed by atoms with Crippen LogP contribution >= 0.6 is 0 Å². The van der Waals surface area contributed by atoms with Crippen LogP contribution in [-0.4, -0.2) is 62.0 Å². The van der Waals surface area contributed by atoms with Crippen molar-refractivity contribution in [2.24, 2.45) is 46.3 Å². The van der Waals surface area contributed by atoms with Gasteiger partial charge in [-0.2, -0.15) is 0 Å². The van der Waals surface area contributed by atoms with Crippen molar-refractivity contribution in [1.29, 1.82) is 0 Å². The average Bonchev–Trinajstić information content (AvgIpc) is 3.34. The van der Waals surface area contributed by atoms with Gasteiger partial charge in [0.1, 0.15) is 12.6 Å². The molecule has 0 aliphatic heterocycles. The van der Waals surface area contributed by atoms with Crippen LogP contribution in [0.4, 0.5) is 9.59 Å². The standard InChI is InChI=1S/C37H62N2O6/c1-8-43-33(40)24-39(35(42)44-9-2)22-21-38-34(41)45-28-17-19-36(6)27(23-28)13-14-29-31-16-15-30(26(5)12-10-11-25(3)4)37(31,7)20-18-32(29)36/h13,25-26,28-32H,8-12,14-24H2,1-7H3,(H,38,41)/t26-,28+,29+,30-,31+,32+,36+,37-/m1/s1. The molecule has 0 unspecified atom stereocenters. The van der Waals surface area contributed by atoms with Gasteiger partial charge in [-0.15, -0.1) is 0 Å². The molecule has 3 saturated carbocycles. The Balaban J connectivity index is 1.30. The summed E-state index contributed by atoms with van der Waals surface area (Å²) in [5.74, 6) is 4.33. The third-order valence-corrected chi connectivity index (χ3v) is 12.3. The maximum atomic E-state index is 12.7. The molecule has 0 spiro atoms. The van der Waals surface area contributed by atoms with E-state index >= 15 is 0 Å². The molecular weight excluding hydrogens is 568 g/mol. The minimum absolute atomic E-state index is 0.126. The number of hydrogen-bond donors (Lipinski definition) is 1. The van der Waals surface area contributed by atoms with Crippen LogP contribution in [-0.2, 0) is 19.0 Å². The van der Waals surface area contributed by atoms with E-state index in [1.165, 1.54) is 61.8 Å². The number of rotatable bonds is 13. The quantitative estimate of drug-likeness (QED) is 0.125. The van der Waals surface area contributed by atoms with Gasteiger partial charge in [-0.1, -0.05) is 65.5 Å². The molecule has 0 aromatic rings. The van der Waals surface area contributed by atoms with Crippen LogP contribution in [0, 0.1) is 46.3 Å². The van der Waals surface area contributed by atoms with Crippen LogP contribution in [0.15, 0.2) is 11.6 Å². The molecule has 45 heavy (non-hydrogen) atoms. The second kappa shape index (κ2) is 15.6. The number of carbonyl (C=O) groups is 3. The highest BCUT2D eigenvalue weighted by molar-refractivity contribution is 5.78. The summed E-state index contributed by atoms with van der Waals surface area (Å²) in [5, 5.41) is 2.77. The van der Waals surface area contributed by atoms with Crippen molar-refractivity contribution in [3.8, 4) is 0 Å². The summed E-state index contributed by atoms with van der Waals surface area (Å²) in [6.45, 7) is 16.3. The van der Waals surface area contributed by atoms with Gasteiger partial charge in [-0.05, 0) is 105 Å². The third kappa shape index (κ3) is 8.19. The average molecular weight is 631 g/mol. The SMILES string of the molecule is CCOC(=O)CN(CCNC(=O)O[C@H]1CC[C@@]2(C)C(=CC[C@H]3[C@@H]4CC[C@H]([C@H](C)CCCC(C)C)[C@@]4(C)CC[C@@H]32)C1)C(=O)OCC. The zero-order valence-electron chi connectivity index (χ0n) is 29.3. The number of ether oxygens (including phenoxy) is 3. The van der Waals surface area contributed by atoms with Gasteiger partial charge < -0.3 is 19.5 Å². The van der Waals surface area contributed by atoms with Crippen LogP contribution < -0.4 is 5.32 Å². The van der Waals surface area contributed by atoms with Gasteiger partial charge >= 0.3 is 18.2 Å². The molecule has 0 bridgehead atoms. The summed E-state index contributed by atoms with van der Waals surface area (Å²) in [6.07, 6.45) is 14.8. The van der Waals surface area contributed by atoms with Crippen molar-refractivity contribution in [3.63, 3.8) is 0 Å². The maximum absolute atomic E-state index is 12.7. The number of fused-ring (bicyclic) bond motifs is 5. The Morgan fingerprint density at radius 2 is 1.73 bits per heavy atom. The van der Waals surface area contributed by atoms with Crippen molar-refractivity contribution >= 4 is 18.2 Å². The normalized spacial score (nSPS) is 32.8. The Kier molecular flexibility index (Phi) is 12.3. The summed E-state index contributed by atoms with van der Waals surface area (Å²) in [7, 11) is 0. The fraction of sp³-hybridized carbons (Fsp3) is 0.865. The first-order valence-electron chi connectivity index (χ1n) is 18.1. The molecule has 8 atom stereocenters. The lowest BCUT2D eigenvalue weighted by molar-refractivity contribution is -0.144. The van der Waals surface area contributed by atoms with Crippen molar-refractivity contribution < 1.29 is 28.6 Å². The Bertz CT molecular complexity index is 1060. The van der Waals surface area contributed by atoms with Gasteiger partial charge in [0.15, 0.2) is 0 Å². The molecule has 0 saturated heterocycles. The largest absolute Gasteiger partial charge is 0.465 e. The van der Waals surface area contributed by atoms with E-state index in [1.807, 2.05) is 0 Å². The molecule has 256 valence electrons. The second-order valence-electron chi connectivity index (χ2n) is 15.4. The van der Waals surface area contributed by atoms with E-state index in [-0.39, 0.29) is 44.4 Å². The minimum atomic E-state index is -0.609. The fourth-order valence-corrected chi connectivity index (χ4v) is 10.1. The van der Waals surface area contributed by atoms with Crippen molar-refractivity contribution in [2.45, 2.75) is 125 Å². The summed E-state index contributed by atoms with van der Waals surface area (Å²) in [6, 6.07) is 0. The molecular formula is C37H62N2O6. The first kappa shape index (κ1) is 35.6. The summed E-state index contributed by atoms with van der Waals surface area (Å²) in [5.41, 5.74) is 2.18. The van der Waals surface area contributed by atoms with Crippen molar-refractivity contribution in [3.05, 3.63) is 11.6 Å². The molecule has 3 fully saturated rings. The van der Waals surface area contributed by atoms with Crippen molar-refractivity contribution in [2.75, 3.05) is 32.8 Å². The number of amides is 2. The highest BCUT2D eigenvalue weighted by Crippen LogP contribution is 2.67. The second-order valence-corrected chi connectivity index (χ2v) is 15.4. The molecule has 1 N–H and O–H groups in total. The predicted molar refractivity (Wildman–Crippen MR) is 177 cm³/mol. The van der Waals surface area contributed by atoms with Gasteiger partial charge in [0.25, 0.3) is 0 Å². The van der Waals surface area contributed by atoms with Gasteiger partial charge in [0.05, 0.1) is 13.2 Å². The maximum Gasteiger partial charge on any atom is 0.410 e. The molecule has 4 aliphatic carbocycles. The number of hydrogen-bond acceptors (Lipinski definition) is 6. The third-order valence-electron chi connectivity index (χ3n) is 12.3. The number of esters is 1. The summed E-state index contributed by atoms with van der Waals surface area (Å²) in [4.78, 5) is 38.2. The van der Waals surface area contributed by atoms with Crippen LogP contribution in [0.25, 0.3) is 0 Å². The van der Waals surface area contributed by atoms with E-state index < -0.39 is 18.2 Å². The van der Waals surface area contributed by atoms with E-state index in [1.54, 1.807) is 13.8 Å². The first-order valence-corrected chi connectivity index (χ1v) is 18.1. The summed E-state index contributed by atoms with van der Waals surface area (Å²) < 4.78 is 15.9. The Morgan fingerprint density at radius 3 is 2.44 bits per heavy atom. The highest BCUT2D eigenvalue weighted by atomic mass is 16.6. The first-order chi connectivity index (χ1) is 21.4. The molecule has 8 heteroatoms. The van der Waals surface area contributed by atoms with E-state index in [0.29, 0.717) is 5.41 Å². The van der Waals surface area contributed by atoms with Gasteiger partial charge in [-0.25, -0.2) is 9.59 Å². The number of alkyl carbamates (subject to hydrolysis) is 1. The van der Waals surface area contributed by atoms with E-state index in [4.69, 9.17) is 14.2 Å². The predicted octanol–water partition coefficient (Wildman–Crippen LogP) is 8.14. The van der Waals surface area contributed by atoms with E-state index in [0.717, 1.165) is 54.8 Å². The fourth-order valence-electron chi connectivity index (χ4n) is 10.1. The van der Waals surface area contributed by atoms with Crippen LogP contribution in [0.3, 0.4) is 0 Å². The number of nitrogens with zero attached hydrogens (tertiary/aromatic N) is 1. The Morgan fingerprint density at radius 1 is 0.978 bits per heavy atom. The lowest BCUT2D eigenvalue weighted by Crippen LogP contribution is -2.51. The molecule has 2 amide bonds.